The maximum Gasteiger partial charge on any atom is 0.158 e. The number of nitrogens with one attached hydrogen (secondary N) is 2. The summed E-state index contributed by atoms with van der Waals surface area (Å²) in [5, 5.41) is 14.3. The van der Waals surface area contributed by atoms with Crippen molar-refractivity contribution < 1.29 is 0 Å². The maximum absolute atomic E-state index is 4.31. The van der Waals surface area contributed by atoms with Crippen LogP contribution in [0.5, 0.6) is 0 Å². The third-order valence-corrected chi connectivity index (χ3v) is 3.18. The number of hydrogen-bond donors (Lipinski definition) is 2. The fourth-order valence-corrected chi connectivity index (χ4v) is 2.16. The smallest absolute Gasteiger partial charge is 0.158 e. The molecule has 0 fully saturated rings. The van der Waals surface area contributed by atoms with Crippen LogP contribution in [0.2, 0.25) is 0 Å². The molecule has 7 heteroatoms. The Balaban J connectivity index is 1.79. The zero-order chi connectivity index (χ0) is 14.1. The number of pyridine rings is 1. The molecule has 0 amide bonds. The summed E-state index contributed by atoms with van der Waals surface area (Å²) >= 11 is 0. The molecular weight excluding hydrogens is 266 g/mol. The van der Waals surface area contributed by atoms with Crippen molar-refractivity contribution in [2.45, 2.75) is 0 Å². The van der Waals surface area contributed by atoms with E-state index in [1.54, 1.807) is 23.1 Å². The van der Waals surface area contributed by atoms with Crippen LogP contribution in [0, 0.1) is 0 Å². The second kappa shape index (κ2) is 4.71. The molecule has 2 N–H and O–H groups in total. The first kappa shape index (κ1) is 11.6. The van der Waals surface area contributed by atoms with E-state index in [-0.39, 0.29) is 0 Å². The second-order valence-electron chi connectivity index (χ2n) is 4.52. The van der Waals surface area contributed by atoms with E-state index in [1.807, 2.05) is 30.6 Å². The minimum absolute atomic E-state index is 0.742. The summed E-state index contributed by atoms with van der Waals surface area (Å²) in [7, 11) is 0. The molecule has 4 heterocycles. The van der Waals surface area contributed by atoms with E-state index < -0.39 is 0 Å². The fraction of sp³-hybridized carbons (Fsp3) is 0. The first-order valence-corrected chi connectivity index (χ1v) is 6.40. The van der Waals surface area contributed by atoms with Gasteiger partial charge in [-0.3, -0.25) is 10.1 Å². The van der Waals surface area contributed by atoms with Crippen molar-refractivity contribution in [2.24, 2.45) is 0 Å². The highest BCUT2D eigenvalue weighted by atomic mass is 15.2. The molecule has 0 unspecified atom stereocenters. The second-order valence-corrected chi connectivity index (χ2v) is 4.52. The minimum atomic E-state index is 0.742. The predicted octanol–water partition coefficient (Wildman–Crippen LogP) is 2.26. The lowest BCUT2D eigenvalue weighted by atomic mass is 10.2. The van der Waals surface area contributed by atoms with E-state index in [1.165, 1.54) is 6.33 Å². The molecule has 0 radical (unpaired) electrons. The van der Waals surface area contributed by atoms with Crippen LogP contribution >= 0.6 is 0 Å². The van der Waals surface area contributed by atoms with Crippen LogP contribution < -0.4 is 5.32 Å². The largest absolute Gasteiger partial charge is 0.338 e. The topological polar surface area (TPSA) is 83.8 Å². The molecule has 21 heavy (non-hydrogen) atoms. The van der Waals surface area contributed by atoms with Crippen molar-refractivity contribution in [3.05, 3.63) is 55.5 Å². The van der Waals surface area contributed by atoms with Gasteiger partial charge in [-0.1, -0.05) is 0 Å². The minimum Gasteiger partial charge on any atom is -0.338 e. The third-order valence-electron chi connectivity index (χ3n) is 3.18. The van der Waals surface area contributed by atoms with Crippen LogP contribution in [-0.2, 0) is 0 Å². The summed E-state index contributed by atoms with van der Waals surface area (Å²) in [5.74, 6) is 0.742. The highest BCUT2D eigenvalue weighted by molar-refractivity contribution is 5.78. The van der Waals surface area contributed by atoms with Gasteiger partial charge in [0, 0.05) is 41.6 Å². The average molecular weight is 277 g/mol. The number of nitrogens with zero attached hydrogens (tertiary/aromatic N) is 5. The SMILES string of the molecule is c1cc(Nc2ncnn3cc(-c4cn[nH]c4)cc23)ccn1. The Morgan fingerprint density at radius 3 is 2.86 bits per heavy atom. The van der Waals surface area contributed by atoms with Crippen LogP contribution in [0.4, 0.5) is 11.5 Å². The molecule has 0 saturated heterocycles. The molecule has 0 spiro atoms. The molecule has 4 rings (SSSR count). The number of aromatic nitrogens is 6. The molecule has 4 aromatic heterocycles. The molecule has 0 saturated carbocycles. The average Bonchev–Trinajstić information content (AvgIpc) is 3.18. The number of hydrogen-bond acceptors (Lipinski definition) is 5. The van der Waals surface area contributed by atoms with Gasteiger partial charge in [0.15, 0.2) is 5.82 Å². The number of aromatic amines is 1. The Bertz CT molecular complexity index is 865. The standard InChI is InChI=1S/C14H11N7/c1-3-15-4-2-12(1)20-14-13-5-10(11-6-17-18-7-11)8-21(13)19-9-16-14/h1-9H,(H,17,18)(H,15,16,19,20). The van der Waals surface area contributed by atoms with Gasteiger partial charge in [0.2, 0.25) is 0 Å². The number of rotatable bonds is 3. The van der Waals surface area contributed by atoms with E-state index in [9.17, 15) is 0 Å². The number of H-pyrrole nitrogens is 1. The zero-order valence-electron chi connectivity index (χ0n) is 10.9. The first-order chi connectivity index (χ1) is 10.4. The van der Waals surface area contributed by atoms with Crippen molar-refractivity contribution in [1.29, 1.82) is 0 Å². The first-order valence-electron chi connectivity index (χ1n) is 6.40. The van der Waals surface area contributed by atoms with Crippen molar-refractivity contribution in [2.75, 3.05) is 5.32 Å². The van der Waals surface area contributed by atoms with Crippen LogP contribution in [0.3, 0.4) is 0 Å². The van der Waals surface area contributed by atoms with Crippen LogP contribution in [0.25, 0.3) is 16.6 Å². The van der Waals surface area contributed by atoms with Gasteiger partial charge in [-0.2, -0.15) is 10.2 Å². The van der Waals surface area contributed by atoms with Gasteiger partial charge in [0.05, 0.1) is 6.20 Å². The molecule has 0 aromatic carbocycles. The molecular formula is C14H11N7. The lowest BCUT2D eigenvalue weighted by Crippen LogP contribution is -1.99. The van der Waals surface area contributed by atoms with Gasteiger partial charge in [-0.15, -0.1) is 0 Å². The third kappa shape index (κ3) is 2.10. The molecule has 102 valence electrons. The Kier molecular flexibility index (Phi) is 2.60. The molecule has 0 aliphatic heterocycles. The van der Waals surface area contributed by atoms with E-state index >= 15 is 0 Å². The van der Waals surface area contributed by atoms with Crippen molar-refractivity contribution in [3.63, 3.8) is 0 Å². The molecule has 7 nitrogen and oxygen atoms in total. The van der Waals surface area contributed by atoms with Crippen molar-refractivity contribution >= 4 is 17.0 Å². The summed E-state index contributed by atoms with van der Waals surface area (Å²) in [5.41, 5.74) is 3.86. The Morgan fingerprint density at radius 1 is 1.14 bits per heavy atom. The van der Waals surface area contributed by atoms with E-state index in [4.69, 9.17) is 0 Å². The van der Waals surface area contributed by atoms with E-state index in [0.29, 0.717) is 0 Å². The van der Waals surface area contributed by atoms with E-state index in [0.717, 1.165) is 28.1 Å². The summed E-state index contributed by atoms with van der Waals surface area (Å²) < 4.78 is 1.79. The molecule has 0 bridgehead atoms. The molecule has 0 aliphatic carbocycles. The lowest BCUT2D eigenvalue weighted by molar-refractivity contribution is 0.907. The summed E-state index contributed by atoms with van der Waals surface area (Å²) in [6, 6.07) is 5.80. The van der Waals surface area contributed by atoms with Crippen molar-refractivity contribution in [1.82, 2.24) is 29.8 Å². The number of fused-ring (bicyclic) bond motifs is 1. The predicted molar refractivity (Wildman–Crippen MR) is 78.1 cm³/mol. The fourth-order valence-electron chi connectivity index (χ4n) is 2.16. The monoisotopic (exact) mass is 277 g/mol. The van der Waals surface area contributed by atoms with Gasteiger partial charge < -0.3 is 5.32 Å². The highest BCUT2D eigenvalue weighted by Crippen LogP contribution is 2.25. The summed E-state index contributed by atoms with van der Waals surface area (Å²) in [6.45, 7) is 0. The Labute approximate surface area is 119 Å². The lowest BCUT2D eigenvalue weighted by Gasteiger charge is -2.05. The molecule has 4 aromatic rings. The van der Waals surface area contributed by atoms with Gasteiger partial charge in [-0.05, 0) is 18.2 Å². The summed E-state index contributed by atoms with van der Waals surface area (Å²) in [6.07, 6.45) is 10.6. The van der Waals surface area contributed by atoms with Gasteiger partial charge in [0.25, 0.3) is 0 Å². The molecule has 0 aliphatic rings. The van der Waals surface area contributed by atoms with Gasteiger partial charge >= 0.3 is 0 Å². The normalized spacial score (nSPS) is 10.9. The molecule has 0 atom stereocenters. The van der Waals surface area contributed by atoms with Crippen LogP contribution in [-0.4, -0.2) is 29.8 Å². The Morgan fingerprint density at radius 2 is 2.05 bits per heavy atom. The van der Waals surface area contributed by atoms with Crippen molar-refractivity contribution in [3.8, 4) is 11.1 Å². The number of anilines is 2. The van der Waals surface area contributed by atoms with Gasteiger partial charge in [-0.25, -0.2) is 9.50 Å². The highest BCUT2D eigenvalue weighted by Gasteiger charge is 2.09. The van der Waals surface area contributed by atoms with E-state index in [2.05, 4.69) is 30.6 Å². The van der Waals surface area contributed by atoms with Crippen LogP contribution in [0.15, 0.2) is 55.5 Å². The summed E-state index contributed by atoms with van der Waals surface area (Å²) in [4.78, 5) is 8.31. The quantitative estimate of drug-likeness (QED) is 0.600. The van der Waals surface area contributed by atoms with Crippen LogP contribution in [0.1, 0.15) is 0 Å². The maximum atomic E-state index is 4.31. The zero-order valence-corrected chi connectivity index (χ0v) is 10.9. The van der Waals surface area contributed by atoms with Gasteiger partial charge in [0.1, 0.15) is 11.8 Å². The Hall–Kier alpha value is -3.22.